The lowest BCUT2D eigenvalue weighted by molar-refractivity contribution is -0.150. The van der Waals surface area contributed by atoms with Crippen LogP contribution in [0, 0.1) is 19.8 Å². The van der Waals surface area contributed by atoms with Crippen molar-refractivity contribution in [2.24, 2.45) is 5.92 Å². The highest BCUT2D eigenvalue weighted by Crippen LogP contribution is 2.32. The highest BCUT2D eigenvalue weighted by Gasteiger charge is 2.42. The number of rotatable bonds is 5. The average Bonchev–Trinajstić information content (AvgIpc) is 3.57. The zero-order valence-corrected chi connectivity index (χ0v) is 22.1. The lowest BCUT2D eigenvalue weighted by Crippen LogP contribution is -2.54. The van der Waals surface area contributed by atoms with Crippen molar-refractivity contribution < 1.29 is 14.3 Å². The molecule has 2 aromatic heterocycles. The van der Waals surface area contributed by atoms with Gasteiger partial charge < -0.3 is 15.0 Å². The summed E-state index contributed by atoms with van der Waals surface area (Å²) >= 11 is 0. The van der Waals surface area contributed by atoms with Crippen molar-refractivity contribution in [1.82, 2.24) is 35.2 Å². The molecule has 11 heteroatoms. The molecule has 0 spiro atoms. The molecule has 1 amide bonds. The number of methoxy groups -OCH3 is 1. The number of nitrogens with one attached hydrogen (secondary N) is 2. The molecule has 4 heterocycles. The number of aromatic nitrogens is 5. The van der Waals surface area contributed by atoms with Gasteiger partial charge in [0, 0.05) is 55.2 Å². The Balaban J connectivity index is 1.17. The van der Waals surface area contributed by atoms with Crippen LogP contribution in [0.4, 0.5) is 11.6 Å². The first-order chi connectivity index (χ1) is 18.9. The number of amides is 1. The van der Waals surface area contributed by atoms with E-state index >= 15 is 0 Å². The molecule has 2 N–H and O–H groups in total. The Kier molecular flexibility index (Phi) is 6.43. The second kappa shape index (κ2) is 10.1. The fraction of sp³-hybridized carbons (Fsp3) is 0.357. The van der Waals surface area contributed by atoms with Crippen LogP contribution in [0.1, 0.15) is 39.2 Å². The van der Waals surface area contributed by atoms with Gasteiger partial charge in [-0.15, -0.1) is 0 Å². The van der Waals surface area contributed by atoms with Gasteiger partial charge >= 0.3 is 5.97 Å². The molecule has 39 heavy (non-hydrogen) atoms. The van der Waals surface area contributed by atoms with Crippen molar-refractivity contribution in [3.8, 4) is 0 Å². The van der Waals surface area contributed by atoms with Crippen LogP contribution < -0.4 is 5.32 Å². The van der Waals surface area contributed by atoms with E-state index in [0.717, 1.165) is 16.9 Å². The van der Waals surface area contributed by atoms with E-state index in [1.165, 1.54) is 18.2 Å². The Morgan fingerprint density at radius 2 is 1.85 bits per heavy atom. The first kappa shape index (κ1) is 24.9. The summed E-state index contributed by atoms with van der Waals surface area (Å²) in [4.78, 5) is 39.6. The van der Waals surface area contributed by atoms with Gasteiger partial charge in [0.1, 0.15) is 11.0 Å². The summed E-state index contributed by atoms with van der Waals surface area (Å²) in [7, 11) is 1.40. The van der Waals surface area contributed by atoms with Crippen LogP contribution in [0.3, 0.4) is 0 Å². The number of fused-ring (bicyclic) bond motifs is 2. The van der Waals surface area contributed by atoms with E-state index in [9.17, 15) is 9.59 Å². The quantitative estimate of drug-likeness (QED) is 0.377. The first-order valence-electron chi connectivity index (χ1n) is 13.0. The number of ether oxygens (including phenoxy) is 1. The van der Waals surface area contributed by atoms with Gasteiger partial charge in [-0.05, 0) is 61.7 Å². The second-order valence-electron chi connectivity index (χ2n) is 10.3. The third-order valence-corrected chi connectivity index (χ3v) is 7.56. The van der Waals surface area contributed by atoms with Crippen molar-refractivity contribution >= 4 is 34.5 Å². The molecule has 1 saturated heterocycles. The molecule has 0 aliphatic carbocycles. The highest BCUT2D eigenvalue weighted by atomic mass is 16.5. The third-order valence-electron chi connectivity index (χ3n) is 7.56. The molecule has 11 nitrogen and oxygen atoms in total. The molecule has 0 radical (unpaired) electrons. The number of H-pyrrole nitrogens is 1. The number of carbonyl (C=O) groups is 2. The highest BCUT2D eigenvalue weighted by molar-refractivity contribution is 5.97. The number of piperidine rings is 1. The Hall–Kier alpha value is -4.38. The van der Waals surface area contributed by atoms with Crippen molar-refractivity contribution in [2.75, 3.05) is 25.5 Å². The number of hydrogen-bond donors (Lipinski definition) is 2. The minimum Gasteiger partial charge on any atom is -0.469 e. The zero-order valence-electron chi connectivity index (χ0n) is 22.1. The topological polar surface area (TPSA) is 129 Å². The lowest BCUT2D eigenvalue weighted by Gasteiger charge is -2.41. The number of nitrogens with zero attached hydrogens (tertiary/aromatic N) is 6. The zero-order chi connectivity index (χ0) is 27.1. The fourth-order valence-electron chi connectivity index (χ4n) is 5.75. The third kappa shape index (κ3) is 4.92. The lowest BCUT2D eigenvalue weighted by atomic mass is 9.90. The van der Waals surface area contributed by atoms with Crippen LogP contribution in [0.15, 0.2) is 42.6 Å². The molecular formula is C28H30N8O3. The van der Waals surface area contributed by atoms with Crippen LogP contribution >= 0.6 is 0 Å². The average molecular weight is 527 g/mol. The smallest absolute Gasteiger partial charge is 0.312 e. The fourth-order valence-corrected chi connectivity index (χ4v) is 5.75. The predicted molar refractivity (Wildman–Crippen MR) is 144 cm³/mol. The van der Waals surface area contributed by atoms with Crippen LogP contribution in [0.25, 0.3) is 11.0 Å². The number of esters is 1. The summed E-state index contributed by atoms with van der Waals surface area (Å²) in [6.45, 7) is 6.19. The standard InChI is InChI=1S/C28H30N8O3/c1-16-8-17(2)10-20(9-16)30-28-29-12-19-13-36(15-24(19)31-28)25-6-7-35(14-21(25)27(38)39-3)26(37)18-4-5-22-23(11-18)33-34-32-22/h4-5,8-12,21,25H,6-7,13-15H2,1-3H3,(H,29,30,31)(H,32,33,34)/t21-,25-/m0/s1. The number of anilines is 2. The maximum Gasteiger partial charge on any atom is 0.312 e. The Labute approximate surface area is 225 Å². The van der Waals surface area contributed by atoms with E-state index in [4.69, 9.17) is 9.72 Å². The maximum atomic E-state index is 13.3. The van der Waals surface area contributed by atoms with Gasteiger partial charge in [-0.3, -0.25) is 14.5 Å². The van der Waals surface area contributed by atoms with Gasteiger partial charge in [0.15, 0.2) is 0 Å². The van der Waals surface area contributed by atoms with E-state index < -0.39 is 5.92 Å². The van der Waals surface area contributed by atoms with Crippen LogP contribution in [0.5, 0.6) is 0 Å². The first-order valence-corrected chi connectivity index (χ1v) is 13.0. The molecule has 0 bridgehead atoms. The molecule has 6 rings (SSSR count). The minimum absolute atomic E-state index is 0.0791. The van der Waals surface area contributed by atoms with Gasteiger partial charge in [0.2, 0.25) is 5.95 Å². The predicted octanol–water partition coefficient (Wildman–Crippen LogP) is 3.13. The van der Waals surface area contributed by atoms with Crippen molar-refractivity contribution in [1.29, 1.82) is 0 Å². The summed E-state index contributed by atoms with van der Waals surface area (Å²) in [5.41, 5.74) is 7.12. The van der Waals surface area contributed by atoms with Gasteiger partial charge in [-0.1, -0.05) is 6.07 Å². The molecule has 2 aromatic carbocycles. The number of carbonyl (C=O) groups excluding carboxylic acids is 2. The number of aromatic amines is 1. The summed E-state index contributed by atoms with van der Waals surface area (Å²) in [6, 6.07) is 11.4. The van der Waals surface area contributed by atoms with E-state index in [1.54, 1.807) is 23.1 Å². The summed E-state index contributed by atoms with van der Waals surface area (Å²) < 4.78 is 5.18. The molecule has 4 aromatic rings. The van der Waals surface area contributed by atoms with E-state index in [0.29, 0.717) is 48.6 Å². The molecule has 2 aliphatic rings. The Morgan fingerprint density at radius 3 is 2.64 bits per heavy atom. The van der Waals surface area contributed by atoms with E-state index in [-0.39, 0.29) is 24.5 Å². The number of hydrogen-bond acceptors (Lipinski definition) is 9. The number of benzene rings is 2. The minimum atomic E-state index is -0.474. The van der Waals surface area contributed by atoms with Crippen LogP contribution in [-0.4, -0.2) is 73.3 Å². The second-order valence-corrected chi connectivity index (χ2v) is 10.3. The van der Waals surface area contributed by atoms with E-state index in [2.05, 4.69) is 62.7 Å². The van der Waals surface area contributed by atoms with Crippen molar-refractivity contribution in [2.45, 2.75) is 39.4 Å². The largest absolute Gasteiger partial charge is 0.469 e. The van der Waals surface area contributed by atoms with Crippen molar-refractivity contribution in [3.05, 3.63) is 70.5 Å². The number of likely N-dealkylation sites (tertiary alicyclic amines) is 1. The van der Waals surface area contributed by atoms with Gasteiger partial charge in [0.05, 0.1) is 18.7 Å². The van der Waals surface area contributed by atoms with Gasteiger partial charge in [0.25, 0.3) is 5.91 Å². The summed E-state index contributed by atoms with van der Waals surface area (Å²) in [5.74, 6) is -0.373. The van der Waals surface area contributed by atoms with Gasteiger partial charge in [-0.25, -0.2) is 9.97 Å². The summed E-state index contributed by atoms with van der Waals surface area (Å²) in [5, 5.41) is 14.0. The SMILES string of the molecule is COC(=O)[C@H]1CN(C(=O)c2ccc3n[nH]nc3c2)CC[C@@H]1N1Cc2cnc(Nc3cc(C)cc(C)c3)nc2C1. The monoisotopic (exact) mass is 526 g/mol. The molecule has 2 aliphatic heterocycles. The Morgan fingerprint density at radius 1 is 1.05 bits per heavy atom. The normalized spacial score (nSPS) is 19.2. The van der Waals surface area contributed by atoms with Gasteiger partial charge in [-0.2, -0.15) is 15.4 Å². The van der Waals surface area contributed by atoms with Crippen LogP contribution in [0.2, 0.25) is 0 Å². The Bertz CT molecular complexity index is 1550. The summed E-state index contributed by atoms with van der Waals surface area (Å²) in [6.07, 6.45) is 2.51. The molecule has 0 saturated carbocycles. The molecular weight excluding hydrogens is 496 g/mol. The molecule has 200 valence electrons. The van der Waals surface area contributed by atoms with E-state index in [1.807, 2.05) is 6.20 Å². The molecule has 0 unspecified atom stereocenters. The van der Waals surface area contributed by atoms with Crippen molar-refractivity contribution in [3.63, 3.8) is 0 Å². The van der Waals surface area contributed by atoms with Crippen LogP contribution in [-0.2, 0) is 22.6 Å². The number of aryl methyl sites for hydroxylation is 2. The maximum absolute atomic E-state index is 13.3. The molecule has 1 fully saturated rings. The molecule has 2 atom stereocenters.